The number of aromatic nitrogens is 4. The lowest BCUT2D eigenvalue weighted by Crippen LogP contribution is -2.38. The lowest BCUT2D eigenvalue weighted by atomic mass is 9.84. The van der Waals surface area contributed by atoms with E-state index in [0.717, 1.165) is 16.7 Å². The first-order valence-electron chi connectivity index (χ1n) is 19.8. The largest absolute Gasteiger partial charge is 0.505 e. The van der Waals surface area contributed by atoms with Crippen molar-refractivity contribution < 1.29 is 28.4 Å². The van der Waals surface area contributed by atoms with Crippen molar-refractivity contribution in [2.24, 2.45) is 4.99 Å². The van der Waals surface area contributed by atoms with Gasteiger partial charge < -0.3 is 33.3 Å². The van der Waals surface area contributed by atoms with Crippen molar-refractivity contribution >= 4 is 43.7 Å². The maximum absolute atomic E-state index is 13.3. The maximum Gasteiger partial charge on any atom is 0.321 e. The van der Waals surface area contributed by atoms with Crippen LogP contribution in [-0.4, -0.2) is 98.9 Å². The van der Waals surface area contributed by atoms with Gasteiger partial charge in [0, 0.05) is 31.9 Å². The molecule has 17 heteroatoms. The molecule has 3 aromatic carbocycles. The summed E-state index contributed by atoms with van der Waals surface area (Å²) < 4.78 is 34.2. The summed E-state index contributed by atoms with van der Waals surface area (Å²) in [5.41, 5.74) is 1.26. The van der Waals surface area contributed by atoms with Crippen molar-refractivity contribution in [2.45, 2.75) is 69.7 Å². The Morgan fingerprint density at radius 1 is 1.02 bits per heavy atom. The van der Waals surface area contributed by atoms with Crippen LogP contribution in [0.3, 0.4) is 0 Å². The van der Waals surface area contributed by atoms with Gasteiger partial charge in [0.05, 0.1) is 50.7 Å². The molecule has 5 aromatic rings. The molecule has 3 atom stereocenters. The Labute approximate surface area is 362 Å². The number of aliphatic hydroxyl groups excluding tert-OH is 1. The number of nitrogens with zero attached hydrogens (tertiary/aromatic N) is 7. The van der Waals surface area contributed by atoms with Crippen LogP contribution in [-0.2, 0) is 18.5 Å². The van der Waals surface area contributed by atoms with Gasteiger partial charge in [-0.15, -0.1) is 11.8 Å². The summed E-state index contributed by atoms with van der Waals surface area (Å²) >= 11 is 1.60. The van der Waals surface area contributed by atoms with Gasteiger partial charge in [-0.3, -0.25) is 14.3 Å². The van der Waals surface area contributed by atoms with Crippen LogP contribution in [0.15, 0.2) is 106 Å². The first kappa shape index (κ1) is 45.1. The van der Waals surface area contributed by atoms with Gasteiger partial charge in [-0.05, 0) is 75.6 Å². The molecular weight excluding hydrogens is 816 g/mol. The van der Waals surface area contributed by atoms with E-state index in [1.54, 1.807) is 45.0 Å². The molecule has 0 fully saturated rings. The molecule has 0 amide bonds. The Kier molecular flexibility index (Phi) is 14.4. The number of nitriles is 1. The Bertz CT molecular complexity index is 2360. The Morgan fingerprint density at radius 3 is 2.15 bits per heavy atom. The number of fused-ring (bicyclic) bond motifs is 1. The zero-order valence-corrected chi connectivity index (χ0v) is 37.6. The molecule has 3 heterocycles. The monoisotopic (exact) mass is 868 g/mol. The number of benzene rings is 3. The highest BCUT2D eigenvalue weighted by Gasteiger charge is 2.51. The number of H-pyrrole nitrogens is 1. The van der Waals surface area contributed by atoms with E-state index in [4.69, 9.17) is 23.3 Å². The summed E-state index contributed by atoms with van der Waals surface area (Å²) in [6, 6.07) is 28.3. The topological polar surface area (TPSA) is 173 Å². The first-order chi connectivity index (χ1) is 29.3. The van der Waals surface area contributed by atoms with Crippen LogP contribution in [0.5, 0.6) is 11.5 Å². The third-order valence-corrected chi connectivity index (χ3v) is 13.8. The molecule has 2 N–H and O–H groups in total. The van der Waals surface area contributed by atoms with Gasteiger partial charge in [0.15, 0.2) is 28.9 Å². The molecule has 15 nitrogen and oxygen atoms in total. The SMILES string of the molecule is COc1ccc(C(SCC2(C)OC(n3cnc4c(=O)[nH]c(N=CN(C)C)nc43)C(O)=C2OP(OCCC#N)N(C(C)C)C(C)C)(c2ccccc2)c2ccc(OC)cc2)cc1. The molecule has 322 valence electrons. The molecule has 0 spiro atoms. The van der Waals surface area contributed by atoms with E-state index in [1.807, 2.05) is 77.1 Å². The van der Waals surface area contributed by atoms with Crippen molar-refractivity contribution in [1.29, 1.82) is 5.26 Å². The zero-order chi connectivity index (χ0) is 43.9. The highest BCUT2D eigenvalue weighted by atomic mass is 32.2. The number of imidazole rings is 1. The van der Waals surface area contributed by atoms with Crippen molar-refractivity contribution in [2.75, 3.05) is 40.7 Å². The third-order valence-electron chi connectivity index (χ3n) is 9.97. The summed E-state index contributed by atoms with van der Waals surface area (Å²) in [6.45, 7) is 10.1. The van der Waals surface area contributed by atoms with Crippen LogP contribution in [0.25, 0.3) is 11.2 Å². The van der Waals surface area contributed by atoms with Crippen molar-refractivity contribution in [1.82, 2.24) is 29.1 Å². The van der Waals surface area contributed by atoms with Gasteiger partial charge >= 0.3 is 8.53 Å². The zero-order valence-electron chi connectivity index (χ0n) is 35.9. The smallest absolute Gasteiger partial charge is 0.321 e. The number of hydrogen-bond acceptors (Lipinski definition) is 13. The highest BCUT2D eigenvalue weighted by Crippen LogP contribution is 2.57. The van der Waals surface area contributed by atoms with Crippen LogP contribution in [0.2, 0.25) is 0 Å². The number of hydrogen-bond donors (Lipinski definition) is 2. The molecule has 1 aliphatic rings. The maximum atomic E-state index is 13.3. The minimum atomic E-state index is -1.90. The Hall–Kier alpha value is -5.43. The van der Waals surface area contributed by atoms with E-state index < -0.39 is 30.7 Å². The van der Waals surface area contributed by atoms with E-state index in [9.17, 15) is 15.2 Å². The molecule has 3 unspecified atom stereocenters. The van der Waals surface area contributed by atoms with Crippen LogP contribution in [0, 0.1) is 11.3 Å². The number of aliphatic hydroxyl groups is 1. The fourth-order valence-corrected chi connectivity index (χ4v) is 10.5. The number of aliphatic imine (C=N–C) groups is 1. The van der Waals surface area contributed by atoms with E-state index in [1.165, 1.54) is 17.2 Å². The lowest BCUT2D eigenvalue weighted by molar-refractivity contribution is -0.0572. The summed E-state index contributed by atoms with van der Waals surface area (Å²) in [5, 5.41) is 21.9. The molecule has 0 bridgehead atoms. The quantitative estimate of drug-likeness (QED) is 0.0267. The van der Waals surface area contributed by atoms with E-state index in [2.05, 4.69) is 67.1 Å². The summed E-state index contributed by atoms with van der Waals surface area (Å²) in [4.78, 5) is 30.9. The average Bonchev–Trinajstić information content (AvgIpc) is 3.78. The van der Waals surface area contributed by atoms with Gasteiger partial charge in [-0.25, -0.2) is 14.6 Å². The number of aromatic amines is 1. The molecule has 61 heavy (non-hydrogen) atoms. The second kappa shape index (κ2) is 19.5. The lowest BCUT2D eigenvalue weighted by Gasteiger charge is -2.40. The number of thioether (sulfide) groups is 1. The molecule has 0 aliphatic carbocycles. The number of rotatable bonds is 19. The summed E-state index contributed by atoms with van der Waals surface area (Å²) in [6.07, 6.45) is 1.85. The second-order valence-corrected chi connectivity index (χ2v) is 17.8. The molecule has 0 saturated heterocycles. The molecule has 0 radical (unpaired) electrons. The third kappa shape index (κ3) is 9.56. The number of ether oxygens (including phenoxy) is 3. The normalized spacial score (nSPS) is 17.5. The average molecular weight is 869 g/mol. The van der Waals surface area contributed by atoms with Crippen molar-refractivity contribution in [3.63, 3.8) is 0 Å². The van der Waals surface area contributed by atoms with Gasteiger partial charge in [-0.1, -0.05) is 54.6 Å². The van der Waals surface area contributed by atoms with E-state index in [-0.39, 0.29) is 59.5 Å². The van der Waals surface area contributed by atoms with Gasteiger partial charge in [0.25, 0.3) is 5.56 Å². The molecule has 1 aliphatic heterocycles. The number of nitrogens with one attached hydrogen (secondary N) is 1. The van der Waals surface area contributed by atoms with Crippen molar-refractivity contribution in [3.8, 4) is 17.6 Å². The summed E-state index contributed by atoms with van der Waals surface area (Å²) in [5.74, 6) is 1.59. The predicted molar refractivity (Wildman–Crippen MR) is 239 cm³/mol. The van der Waals surface area contributed by atoms with Gasteiger partial charge in [0.1, 0.15) is 17.1 Å². The Balaban J connectivity index is 1.53. The molecule has 6 rings (SSSR count). The first-order valence-corrected chi connectivity index (χ1v) is 21.9. The summed E-state index contributed by atoms with van der Waals surface area (Å²) in [7, 11) is 4.98. The van der Waals surface area contributed by atoms with E-state index in [0.29, 0.717) is 11.5 Å². The Morgan fingerprint density at radius 2 is 1.61 bits per heavy atom. The predicted octanol–water partition coefficient (Wildman–Crippen LogP) is 8.43. The minimum absolute atomic E-state index is 0.0276. The number of methoxy groups -OCH3 is 2. The fraction of sp³-hybridized carbons (Fsp3) is 0.386. The minimum Gasteiger partial charge on any atom is -0.505 e. The van der Waals surface area contributed by atoms with Crippen LogP contribution < -0.4 is 15.0 Å². The van der Waals surface area contributed by atoms with Gasteiger partial charge in [0.2, 0.25) is 5.95 Å². The van der Waals surface area contributed by atoms with Crippen LogP contribution in [0.4, 0.5) is 5.95 Å². The van der Waals surface area contributed by atoms with Crippen molar-refractivity contribution in [3.05, 3.63) is 124 Å². The molecular formula is C44H53N8O7PS. The van der Waals surface area contributed by atoms with E-state index >= 15 is 0 Å². The standard InChI is InChI=1S/C44H53N8O7PS/c1-29(2)52(30(3)4)60(57-25-13-24-45)59-38-37(53)41(51-28-46-36-39(51)48-42(49-40(36)54)47-27-50(6)7)58-43(38,5)26-61-44(31-14-11-10-12-15-31,32-16-20-34(55-8)21-17-32)33-18-22-35(56-9)23-19-33/h10-12,14-23,27-30,41,53H,13,25-26H2,1-9H3,(H,48,49,54). The fourth-order valence-electron chi connectivity index (χ4n) is 7.17. The molecule has 0 saturated carbocycles. The highest BCUT2D eigenvalue weighted by molar-refractivity contribution is 8.00. The molecule has 2 aromatic heterocycles. The van der Waals surface area contributed by atoms with Gasteiger partial charge in [-0.2, -0.15) is 10.2 Å². The van der Waals surface area contributed by atoms with Crippen LogP contribution >= 0.6 is 20.3 Å². The second-order valence-electron chi connectivity index (χ2n) is 15.3. The van der Waals surface area contributed by atoms with Crippen LogP contribution in [0.1, 0.15) is 64.0 Å².